The minimum absolute atomic E-state index is 0.116. The summed E-state index contributed by atoms with van der Waals surface area (Å²) < 4.78 is 6.94. The number of phenolic OH excluding ortho intramolecular Hbond substituents is 2. The number of hydrazine groups is 1. The molecule has 2 unspecified atom stereocenters. The van der Waals surface area contributed by atoms with Crippen LogP contribution in [0.4, 0.5) is 11.5 Å². The molecule has 3 heterocycles. The number of nitrogens with one attached hydrogen (secondary N) is 3. The van der Waals surface area contributed by atoms with Gasteiger partial charge in [0.25, 0.3) is 5.91 Å². The molecule has 0 spiro atoms. The summed E-state index contributed by atoms with van der Waals surface area (Å²) in [5, 5.41) is 28.4. The van der Waals surface area contributed by atoms with Crippen molar-refractivity contribution in [3.63, 3.8) is 0 Å². The number of fused-ring (bicyclic) bond motifs is 1. The van der Waals surface area contributed by atoms with Gasteiger partial charge in [0.1, 0.15) is 28.6 Å². The molecule has 172 valence electrons. The van der Waals surface area contributed by atoms with E-state index in [-0.39, 0.29) is 29.0 Å². The summed E-state index contributed by atoms with van der Waals surface area (Å²) in [6, 6.07) is 12.2. The predicted molar refractivity (Wildman–Crippen MR) is 123 cm³/mol. The molecule has 10 heteroatoms. The molecule has 2 aromatic carbocycles. The Bertz CT molecular complexity index is 1200. The number of carbonyl (C=O) groups excluding carboxylic acids is 1. The number of likely N-dealkylation sites (tertiary alicyclic amines) is 1. The molecule has 2 saturated heterocycles. The van der Waals surface area contributed by atoms with Crippen molar-refractivity contribution in [3.05, 3.63) is 48.0 Å². The van der Waals surface area contributed by atoms with E-state index >= 15 is 0 Å². The molecule has 2 fully saturated rings. The van der Waals surface area contributed by atoms with Crippen molar-refractivity contribution in [2.75, 3.05) is 32.1 Å². The van der Waals surface area contributed by atoms with E-state index in [0.29, 0.717) is 36.2 Å². The molecule has 5 rings (SSSR count). The van der Waals surface area contributed by atoms with Gasteiger partial charge in [-0.15, -0.1) is 0 Å². The fraction of sp³-hybridized carbons (Fsp3) is 0.304. The van der Waals surface area contributed by atoms with Crippen molar-refractivity contribution < 1.29 is 19.7 Å². The summed E-state index contributed by atoms with van der Waals surface area (Å²) >= 11 is 0. The molecule has 5 N–H and O–H groups in total. The van der Waals surface area contributed by atoms with E-state index in [2.05, 4.69) is 21.3 Å². The van der Waals surface area contributed by atoms with E-state index in [1.54, 1.807) is 23.7 Å². The maximum atomic E-state index is 13.4. The number of phenols is 2. The van der Waals surface area contributed by atoms with Gasteiger partial charge < -0.3 is 25.2 Å². The first-order chi connectivity index (χ1) is 15.9. The SMILES string of the molecule is COc1cccc(-c2cc(Nc3cc(O)cc(O)c3C(=O)N3CC4CNNC4C3)n(C)n2)c1. The number of hydrogen-bond acceptors (Lipinski definition) is 8. The van der Waals surface area contributed by atoms with Crippen LogP contribution in [0.1, 0.15) is 10.4 Å². The lowest BCUT2D eigenvalue weighted by atomic mass is 10.1. The zero-order valence-electron chi connectivity index (χ0n) is 18.4. The summed E-state index contributed by atoms with van der Waals surface area (Å²) in [6.07, 6.45) is 0. The highest BCUT2D eigenvalue weighted by Crippen LogP contribution is 2.36. The maximum absolute atomic E-state index is 13.4. The number of aromatic nitrogens is 2. The Hall–Kier alpha value is -3.76. The third-order valence-corrected chi connectivity index (χ3v) is 6.20. The van der Waals surface area contributed by atoms with Crippen molar-refractivity contribution in [1.82, 2.24) is 25.5 Å². The molecule has 0 radical (unpaired) electrons. The van der Waals surface area contributed by atoms with Crippen molar-refractivity contribution >= 4 is 17.4 Å². The van der Waals surface area contributed by atoms with Gasteiger partial charge in [-0.2, -0.15) is 5.10 Å². The number of benzene rings is 2. The molecule has 0 bridgehead atoms. The van der Waals surface area contributed by atoms with Gasteiger partial charge in [0.05, 0.1) is 18.5 Å². The lowest BCUT2D eigenvalue weighted by molar-refractivity contribution is 0.0780. The fourth-order valence-electron chi connectivity index (χ4n) is 4.47. The largest absolute Gasteiger partial charge is 0.508 e. The molecular formula is C23H26N6O4. The molecule has 0 aliphatic carbocycles. The van der Waals surface area contributed by atoms with Crippen molar-refractivity contribution in [1.29, 1.82) is 0 Å². The topological polar surface area (TPSA) is 124 Å². The minimum Gasteiger partial charge on any atom is -0.508 e. The number of rotatable bonds is 5. The van der Waals surface area contributed by atoms with E-state index in [0.717, 1.165) is 17.9 Å². The van der Waals surface area contributed by atoms with Crippen molar-refractivity contribution in [2.45, 2.75) is 6.04 Å². The molecule has 2 aliphatic rings. The van der Waals surface area contributed by atoms with E-state index < -0.39 is 0 Å². The highest BCUT2D eigenvalue weighted by molar-refractivity contribution is 6.03. The molecule has 10 nitrogen and oxygen atoms in total. The molecule has 2 atom stereocenters. The van der Waals surface area contributed by atoms with Gasteiger partial charge >= 0.3 is 0 Å². The second kappa shape index (κ2) is 8.30. The highest BCUT2D eigenvalue weighted by atomic mass is 16.5. The van der Waals surface area contributed by atoms with Gasteiger partial charge in [0.15, 0.2) is 0 Å². The molecule has 3 aromatic rings. The van der Waals surface area contributed by atoms with Gasteiger partial charge in [0, 0.05) is 62.4 Å². The van der Waals surface area contributed by atoms with E-state index in [1.165, 1.54) is 12.1 Å². The molecule has 33 heavy (non-hydrogen) atoms. The molecule has 0 saturated carbocycles. The second-order valence-corrected chi connectivity index (χ2v) is 8.38. The van der Waals surface area contributed by atoms with Gasteiger partial charge in [-0.3, -0.25) is 20.3 Å². The molecule has 2 aliphatic heterocycles. The number of methoxy groups -OCH3 is 1. The van der Waals surface area contributed by atoms with Gasteiger partial charge in [0.2, 0.25) is 0 Å². The van der Waals surface area contributed by atoms with Gasteiger partial charge in [-0.05, 0) is 12.1 Å². The highest BCUT2D eigenvalue weighted by Gasteiger charge is 2.39. The van der Waals surface area contributed by atoms with E-state index in [4.69, 9.17) is 4.74 Å². The van der Waals surface area contributed by atoms with Crippen LogP contribution in [0, 0.1) is 5.92 Å². The van der Waals surface area contributed by atoms with Crippen molar-refractivity contribution in [2.24, 2.45) is 13.0 Å². The first kappa shape index (κ1) is 21.1. The summed E-state index contributed by atoms with van der Waals surface area (Å²) in [6.45, 7) is 1.93. The first-order valence-electron chi connectivity index (χ1n) is 10.7. The summed E-state index contributed by atoms with van der Waals surface area (Å²) in [5.41, 5.74) is 8.30. The summed E-state index contributed by atoms with van der Waals surface area (Å²) in [5.74, 6) is 0.926. The number of aromatic hydroxyl groups is 2. The predicted octanol–water partition coefficient (Wildman–Crippen LogP) is 1.80. The lowest BCUT2D eigenvalue weighted by Gasteiger charge is -2.21. The van der Waals surface area contributed by atoms with E-state index in [9.17, 15) is 15.0 Å². The third-order valence-electron chi connectivity index (χ3n) is 6.20. The van der Waals surface area contributed by atoms with Crippen LogP contribution in [-0.2, 0) is 7.05 Å². The van der Waals surface area contributed by atoms with Gasteiger partial charge in [-0.1, -0.05) is 12.1 Å². The average Bonchev–Trinajstić information content (AvgIpc) is 3.49. The number of hydrogen-bond donors (Lipinski definition) is 5. The van der Waals surface area contributed by atoms with Crippen LogP contribution in [0.2, 0.25) is 0 Å². The Labute approximate surface area is 190 Å². The Balaban J connectivity index is 1.45. The number of amides is 1. The summed E-state index contributed by atoms with van der Waals surface area (Å²) in [4.78, 5) is 15.1. The Morgan fingerprint density at radius 3 is 2.85 bits per heavy atom. The number of anilines is 2. The maximum Gasteiger partial charge on any atom is 0.259 e. The van der Waals surface area contributed by atoms with Crippen LogP contribution in [0.3, 0.4) is 0 Å². The quantitative estimate of drug-likeness (QED) is 0.399. The Morgan fingerprint density at radius 1 is 1.21 bits per heavy atom. The average molecular weight is 450 g/mol. The number of carbonyl (C=O) groups is 1. The first-order valence-corrected chi connectivity index (χ1v) is 10.7. The Kier molecular flexibility index (Phi) is 5.31. The van der Waals surface area contributed by atoms with Gasteiger partial charge in [-0.25, -0.2) is 0 Å². The third kappa shape index (κ3) is 3.94. The lowest BCUT2D eigenvalue weighted by Crippen LogP contribution is -2.38. The standard InChI is InChI=1S/C23H26N6O4/c1-28-21(9-17(27-28)13-4-3-5-16(6-13)33-2)25-18-7-15(30)8-20(31)22(18)23(32)29-11-14-10-24-26-19(14)12-29/h3-9,14,19,24-26,30-31H,10-12H2,1-2H3. The van der Waals surface area contributed by atoms with Crippen LogP contribution in [0.25, 0.3) is 11.3 Å². The number of aryl methyl sites for hydroxylation is 1. The van der Waals surface area contributed by atoms with Crippen LogP contribution in [-0.4, -0.2) is 63.6 Å². The van der Waals surface area contributed by atoms with Crippen LogP contribution in [0.5, 0.6) is 17.2 Å². The molecule has 1 aromatic heterocycles. The zero-order chi connectivity index (χ0) is 23.1. The van der Waals surface area contributed by atoms with Crippen LogP contribution >= 0.6 is 0 Å². The monoisotopic (exact) mass is 450 g/mol. The normalized spacial score (nSPS) is 19.5. The second-order valence-electron chi connectivity index (χ2n) is 8.38. The van der Waals surface area contributed by atoms with Crippen LogP contribution < -0.4 is 20.9 Å². The smallest absolute Gasteiger partial charge is 0.259 e. The minimum atomic E-state index is -0.290. The zero-order valence-corrected chi connectivity index (χ0v) is 18.4. The Morgan fingerprint density at radius 2 is 2.06 bits per heavy atom. The molecular weight excluding hydrogens is 424 g/mol. The number of ether oxygens (including phenoxy) is 1. The number of nitrogens with zero attached hydrogens (tertiary/aromatic N) is 3. The van der Waals surface area contributed by atoms with Crippen LogP contribution in [0.15, 0.2) is 42.5 Å². The molecule has 1 amide bonds. The summed E-state index contributed by atoms with van der Waals surface area (Å²) in [7, 11) is 3.38. The fourth-order valence-corrected chi connectivity index (χ4v) is 4.47. The van der Waals surface area contributed by atoms with Crippen molar-refractivity contribution in [3.8, 4) is 28.5 Å². The van der Waals surface area contributed by atoms with E-state index in [1.807, 2.05) is 30.3 Å².